The molecule has 1 amide bonds. The number of hydrogen-bond acceptors (Lipinski definition) is 5. The van der Waals surface area contributed by atoms with E-state index in [4.69, 9.17) is 0 Å². The number of carbonyl (C=O) groups excluding carboxylic acids is 1. The van der Waals surface area contributed by atoms with E-state index in [1.54, 1.807) is 4.90 Å². The lowest BCUT2D eigenvalue weighted by atomic mass is 10.2. The van der Waals surface area contributed by atoms with Crippen molar-refractivity contribution < 1.29 is 4.79 Å². The van der Waals surface area contributed by atoms with Gasteiger partial charge >= 0.3 is 0 Å². The monoisotopic (exact) mass is 391 g/mol. The maximum atomic E-state index is 12.5. The Morgan fingerprint density at radius 3 is 2.61 bits per heavy atom. The van der Waals surface area contributed by atoms with Gasteiger partial charge in [0, 0.05) is 25.5 Å². The number of para-hydroxylation sites is 1. The van der Waals surface area contributed by atoms with E-state index in [1.807, 2.05) is 55.6 Å². The van der Waals surface area contributed by atoms with E-state index < -0.39 is 0 Å². The third-order valence-electron chi connectivity index (χ3n) is 4.68. The lowest BCUT2D eigenvalue weighted by Gasteiger charge is -2.16. The summed E-state index contributed by atoms with van der Waals surface area (Å²) in [4.78, 5) is 18.9. The molecule has 4 rings (SSSR count). The average Bonchev–Trinajstić information content (AvgIpc) is 3.05. The number of nitrogens with zero attached hydrogens (tertiary/aromatic N) is 5. The van der Waals surface area contributed by atoms with E-state index in [-0.39, 0.29) is 11.7 Å². The summed E-state index contributed by atoms with van der Waals surface area (Å²) in [6.45, 7) is 3.47. The smallest absolute Gasteiger partial charge is 0.233 e. The van der Waals surface area contributed by atoms with Gasteiger partial charge in [0.25, 0.3) is 0 Å². The predicted molar refractivity (Wildman–Crippen MR) is 112 cm³/mol. The number of rotatable bonds is 6. The Labute approximate surface area is 167 Å². The van der Waals surface area contributed by atoms with Crippen LogP contribution in [-0.4, -0.2) is 43.4 Å². The SMILES string of the molecule is CCn1c2ccccc2c2nnc(SCC(=O)N(C)Cc3ccccc3)nc21. The Morgan fingerprint density at radius 2 is 1.82 bits per heavy atom. The first-order valence-corrected chi connectivity index (χ1v) is 10.2. The first-order valence-electron chi connectivity index (χ1n) is 9.19. The van der Waals surface area contributed by atoms with Crippen LogP contribution in [0.2, 0.25) is 0 Å². The molecular formula is C21H21N5OS. The average molecular weight is 392 g/mol. The zero-order chi connectivity index (χ0) is 19.5. The second-order valence-electron chi connectivity index (χ2n) is 6.55. The topological polar surface area (TPSA) is 63.9 Å². The third-order valence-corrected chi connectivity index (χ3v) is 5.51. The van der Waals surface area contributed by atoms with Gasteiger partial charge in [0.2, 0.25) is 11.1 Å². The zero-order valence-electron chi connectivity index (χ0n) is 15.9. The molecule has 0 spiro atoms. The number of aromatic nitrogens is 4. The summed E-state index contributed by atoms with van der Waals surface area (Å²) >= 11 is 1.32. The minimum absolute atomic E-state index is 0.0357. The second-order valence-corrected chi connectivity index (χ2v) is 7.49. The van der Waals surface area contributed by atoms with Crippen LogP contribution < -0.4 is 0 Å². The van der Waals surface area contributed by atoms with Gasteiger partial charge in [-0.15, -0.1) is 10.2 Å². The van der Waals surface area contributed by atoms with Crippen LogP contribution in [-0.2, 0) is 17.9 Å². The molecule has 28 heavy (non-hydrogen) atoms. The number of aryl methyl sites for hydroxylation is 1. The number of fused-ring (bicyclic) bond motifs is 3. The fourth-order valence-electron chi connectivity index (χ4n) is 3.25. The molecule has 142 valence electrons. The lowest BCUT2D eigenvalue weighted by Crippen LogP contribution is -2.27. The van der Waals surface area contributed by atoms with Crippen molar-refractivity contribution in [2.24, 2.45) is 0 Å². The summed E-state index contributed by atoms with van der Waals surface area (Å²) < 4.78 is 2.13. The van der Waals surface area contributed by atoms with Crippen molar-refractivity contribution in [3.8, 4) is 0 Å². The van der Waals surface area contributed by atoms with Crippen LogP contribution in [0.3, 0.4) is 0 Å². The quantitative estimate of drug-likeness (QED) is 0.469. The fraction of sp³-hybridized carbons (Fsp3) is 0.238. The van der Waals surface area contributed by atoms with Crippen LogP contribution in [0.4, 0.5) is 0 Å². The number of amides is 1. The Balaban J connectivity index is 1.50. The molecule has 0 unspecified atom stereocenters. The highest BCUT2D eigenvalue weighted by Crippen LogP contribution is 2.27. The Hall–Kier alpha value is -2.93. The van der Waals surface area contributed by atoms with Crippen molar-refractivity contribution in [1.82, 2.24) is 24.6 Å². The van der Waals surface area contributed by atoms with Gasteiger partial charge < -0.3 is 9.47 Å². The highest BCUT2D eigenvalue weighted by atomic mass is 32.2. The number of hydrogen-bond donors (Lipinski definition) is 0. The standard InChI is InChI=1S/C21H21N5OS/c1-3-26-17-12-8-7-11-16(17)19-20(26)22-21(24-23-19)28-14-18(27)25(2)13-15-9-5-4-6-10-15/h4-12H,3,13-14H2,1-2H3. The van der Waals surface area contributed by atoms with E-state index in [9.17, 15) is 4.79 Å². The summed E-state index contributed by atoms with van der Waals surface area (Å²) in [7, 11) is 1.81. The fourth-order valence-corrected chi connectivity index (χ4v) is 3.97. The third kappa shape index (κ3) is 3.57. The van der Waals surface area contributed by atoms with Gasteiger partial charge in [0.15, 0.2) is 5.65 Å². The normalized spacial score (nSPS) is 11.2. The van der Waals surface area contributed by atoms with Crippen LogP contribution in [0.1, 0.15) is 12.5 Å². The van der Waals surface area contributed by atoms with Crippen molar-refractivity contribution in [2.75, 3.05) is 12.8 Å². The molecule has 0 saturated heterocycles. The van der Waals surface area contributed by atoms with Crippen molar-refractivity contribution >= 4 is 39.7 Å². The summed E-state index contributed by atoms with van der Waals surface area (Å²) in [6, 6.07) is 18.1. The van der Waals surface area contributed by atoms with Gasteiger partial charge in [0.1, 0.15) is 5.52 Å². The minimum Gasteiger partial charge on any atom is -0.341 e. The molecule has 0 fully saturated rings. The van der Waals surface area contributed by atoms with E-state index in [0.29, 0.717) is 11.7 Å². The Bertz CT molecular complexity index is 1130. The van der Waals surface area contributed by atoms with Crippen molar-refractivity contribution in [2.45, 2.75) is 25.2 Å². The highest BCUT2D eigenvalue weighted by molar-refractivity contribution is 7.99. The molecule has 0 saturated carbocycles. The first kappa shape index (κ1) is 18.4. The van der Waals surface area contributed by atoms with Crippen molar-refractivity contribution in [3.05, 3.63) is 60.2 Å². The summed E-state index contributed by atoms with van der Waals surface area (Å²) in [5.74, 6) is 0.316. The Kier molecular flexibility index (Phi) is 5.25. The molecule has 2 aromatic heterocycles. The molecule has 4 aromatic rings. The number of benzene rings is 2. The zero-order valence-corrected chi connectivity index (χ0v) is 16.7. The van der Waals surface area contributed by atoms with E-state index >= 15 is 0 Å². The van der Waals surface area contributed by atoms with Crippen LogP contribution in [0, 0.1) is 0 Å². The molecule has 0 aliphatic carbocycles. The molecule has 2 heterocycles. The summed E-state index contributed by atoms with van der Waals surface area (Å²) in [5.41, 5.74) is 3.82. The van der Waals surface area contributed by atoms with Gasteiger partial charge in [-0.3, -0.25) is 4.79 Å². The van der Waals surface area contributed by atoms with Gasteiger partial charge in [-0.1, -0.05) is 60.3 Å². The largest absolute Gasteiger partial charge is 0.341 e. The molecule has 0 atom stereocenters. The molecule has 2 aromatic carbocycles. The molecule has 7 heteroatoms. The van der Waals surface area contributed by atoms with Crippen LogP contribution in [0.25, 0.3) is 22.1 Å². The van der Waals surface area contributed by atoms with Gasteiger partial charge in [-0.2, -0.15) is 0 Å². The van der Waals surface area contributed by atoms with Gasteiger partial charge in [-0.05, 0) is 18.6 Å². The maximum absolute atomic E-state index is 12.5. The van der Waals surface area contributed by atoms with Crippen LogP contribution in [0.5, 0.6) is 0 Å². The van der Waals surface area contributed by atoms with Crippen LogP contribution >= 0.6 is 11.8 Å². The van der Waals surface area contributed by atoms with Crippen LogP contribution in [0.15, 0.2) is 59.8 Å². The van der Waals surface area contributed by atoms with E-state index in [2.05, 4.69) is 32.7 Å². The molecule has 0 aliphatic rings. The van der Waals surface area contributed by atoms with E-state index in [1.165, 1.54) is 11.8 Å². The highest BCUT2D eigenvalue weighted by Gasteiger charge is 2.15. The Morgan fingerprint density at radius 1 is 1.07 bits per heavy atom. The molecule has 0 radical (unpaired) electrons. The molecule has 0 aliphatic heterocycles. The van der Waals surface area contributed by atoms with Crippen molar-refractivity contribution in [3.63, 3.8) is 0 Å². The first-order chi connectivity index (χ1) is 13.7. The maximum Gasteiger partial charge on any atom is 0.233 e. The van der Waals surface area contributed by atoms with E-state index in [0.717, 1.165) is 34.2 Å². The lowest BCUT2D eigenvalue weighted by molar-refractivity contribution is -0.127. The predicted octanol–water partition coefficient (Wildman–Crippen LogP) is 3.75. The van der Waals surface area contributed by atoms with Gasteiger partial charge in [-0.25, -0.2) is 4.98 Å². The van der Waals surface area contributed by atoms with Crippen molar-refractivity contribution in [1.29, 1.82) is 0 Å². The molecular weight excluding hydrogens is 370 g/mol. The van der Waals surface area contributed by atoms with Gasteiger partial charge in [0.05, 0.1) is 11.3 Å². The minimum atomic E-state index is 0.0357. The number of thioether (sulfide) groups is 1. The summed E-state index contributed by atoms with van der Waals surface area (Å²) in [5, 5.41) is 10.2. The molecule has 6 nitrogen and oxygen atoms in total. The molecule has 0 N–H and O–H groups in total. The number of carbonyl (C=O) groups is 1. The second kappa shape index (κ2) is 7.98. The summed E-state index contributed by atoms with van der Waals surface area (Å²) in [6.07, 6.45) is 0. The molecule has 0 bridgehead atoms.